The van der Waals surface area contributed by atoms with Crippen molar-refractivity contribution in [3.63, 3.8) is 0 Å². The minimum Gasteiger partial charge on any atom is -0.369 e. The number of aryl methyl sites for hydroxylation is 1. The SMILES string of the molecule is Cc1ccc2[nH]nc(C(=O)Nc3cccc(C4(N5CCN(c6ccccc6)CC5)CCC(C)CC4)c3)c2c1. The molecule has 0 unspecified atom stereocenters. The Balaban J connectivity index is 1.25. The number of hydrogen-bond acceptors (Lipinski definition) is 4. The lowest BCUT2D eigenvalue weighted by atomic mass is 9.71. The Morgan fingerprint density at radius 2 is 1.71 bits per heavy atom. The van der Waals surface area contributed by atoms with Crippen molar-refractivity contribution in [2.45, 2.75) is 45.1 Å². The maximum atomic E-state index is 13.3. The molecule has 0 spiro atoms. The van der Waals surface area contributed by atoms with Crippen LogP contribution >= 0.6 is 0 Å². The van der Waals surface area contributed by atoms with Crippen molar-refractivity contribution in [1.29, 1.82) is 0 Å². The monoisotopic (exact) mass is 507 g/mol. The zero-order valence-electron chi connectivity index (χ0n) is 22.4. The van der Waals surface area contributed by atoms with Crippen LogP contribution in [0.3, 0.4) is 0 Å². The van der Waals surface area contributed by atoms with Crippen molar-refractivity contribution in [3.8, 4) is 0 Å². The largest absolute Gasteiger partial charge is 0.369 e. The van der Waals surface area contributed by atoms with E-state index in [9.17, 15) is 4.79 Å². The molecule has 6 rings (SSSR count). The molecule has 1 aliphatic carbocycles. The van der Waals surface area contributed by atoms with E-state index in [1.54, 1.807) is 0 Å². The lowest BCUT2D eigenvalue weighted by molar-refractivity contribution is 0.0299. The summed E-state index contributed by atoms with van der Waals surface area (Å²) in [6.07, 6.45) is 4.77. The van der Waals surface area contributed by atoms with Crippen LogP contribution in [0.2, 0.25) is 0 Å². The van der Waals surface area contributed by atoms with Gasteiger partial charge in [0.2, 0.25) is 0 Å². The van der Waals surface area contributed by atoms with Crippen LogP contribution in [-0.2, 0) is 5.54 Å². The molecule has 2 heterocycles. The number of nitrogens with one attached hydrogen (secondary N) is 2. The summed E-state index contributed by atoms with van der Waals surface area (Å²) in [6, 6.07) is 25.3. The van der Waals surface area contributed by atoms with E-state index in [0.29, 0.717) is 5.69 Å². The molecule has 3 aromatic carbocycles. The molecule has 1 amide bonds. The number of aromatic amines is 1. The highest BCUT2D eigenvalue weighted by Crippen LogP contribution is 2.45. The average molecular weight is 508 g/mol. The van der Waals surface area contributed by atoms with Crippen LogP contribution in [-0.4, -0.2) is 47.2 Å². The highest BCUT2D eigenvalue weighted by molar-refractivity contribution is 6.11. The van der Waals surface area contributed by atoms with Gasteiger partial charge in [0.1, 0.15) is 0 Å². The molecule has 1 saturated carbocycles. The minimum absolute atomic E-state index is 0.00612. The van der Waals surface area contributed by atoms with Crippen molar-refractivity contribution >= 4 is 28.2 Å². The Bertz CT molecular complexity index is 1410. The van der Waals surface area contributed by atoms with Gasteiger partial charge in [-0.05, 0) is 80.5 Å². The van der Waals surface area contributed by atoms with E-state index < -0.39 is 0 Å². The molecule has 2 fully saturated rings. The number of carbonyl (C=O) groups excluding carboxylic acids is 1. The van der Waals surface area contributed by atoms with Gasteiger partial charge in [-0.25, -0.2) is 0 Å². The Kier molecular flexibility index (Phi) is 6.66. The van der Waals surface area contributed by atoms with E-state index in [1.165, 1.54) is 24.1 Å². The van der Waals surface area contributed by atoms with Gasteiger partial charge in [-0.3, -0.25) is 14.8 Å². The molecule has 1 saturated heterocycles. The van der Waals surface area contributed by atoms with E-state index in [-0.39, 0.29) is 11.4 Å². The Labute approximate surface area is 225 Å². The molecule has 196 valence electrons. The first-order valence-electron chi connectivity index (χ1n) is 13.9. The summed E-state index contributed by atoms with van der Waals surface area (Å²) in [4.78, 5) is 18.5. The molecule has 1 aliphatic heterocycles. The van der Waals surface area contributed by atoms with Crippen LogP contribution in [0.25, 0.3) is 10.9 Å². The van der Waals surface area contributed by atoms with Crippen molar-refractivity contribution in [2.24, 2.45) is 5.92 Å². The second-order valence-electron chi connectivity index (χ2n) is 11.2. The van der Waals surface area contributed by atoms with Crippen LogP contribution in [0, 0.1) is 12.8 Å². The topological polar surface area (TPSA) is 64.3 Å². The van der Waals surface area contributed by atoms with E-state index in [2.05, 4.69) is 80.8 Å². The molecule has 1 aromatic heterocycles. The fourth-order valence-corrected chi connectivity index (χ4v) is 6.44. The molecule has 0 radical (unpaired) electrons. The number of piperazine rings is 1. The first-order chi connectivity index (χ1) is 18.5. The summed E-state index contributed by atoms with van der Waals surface area (Å²) >= 11 is 0. The first kappa shape index (κ1) is 24.7. The maximum Gasteiger partial charge on any atom is 0.276 e. The van der Waals surface area contributed by atoms with E-state index in [0.717, 1.165) is 67.1 Å². The zero-order valence-corrected chi connectivity index (χ0v) is 22.4. The van der Waals surface area contributed by atoms with Gasteiger partial charge in [-0.1, -0.05) is 48.9 Å². The van der Waals surface area contributed by atoms with Gasteiger partial charge in [0, 0.05) is 48.5 Å². The number of hydrogen-bond donors (Lipinski definition) is 2. The summed E-state index contributed by atoms with van der Waals surface area (Å²) in [5.74, 6) is 0.579. The van der Waals surface area contributed by atoms with Gasteiger partial charge in [0.15, 0.2) is 5.69 Å². The number of carbonyl (C=O) groups is 1. The quantitative estimate of drug-likeness (QED) is 0.330. The second-order valence-corrected chi connectivity index (χ2v) is 11.2. The van der Waals surface area contributed by atoms with Gasteiger partial charge in [-0.15, -0.1) is 0 Å². The number of H-pyrrole nitrogens is 1. The molecule has 0 atom stereocenters. The Hall–Kier alpha value is -3.64. The molecule has 6 nitrogen and oxygen atoms in total. The molecule has 6 heteroatoms. The molecular weight excluding hydrogens is 470 g/mol. The van der Waals surface area contributed by atoms with Gasteiger partial charge in [0.25, 0.3) is 5.91 Å². The van der Waals surface area contributed by atoms with Crippen LogP contribution in [0.5, 0.6) is 0 Å². The smallest absolute Gasteiger partial charge is 0.276 e. The molecule has 4 aromatic rings. The predicted octanol–water partition coefficient (Wildman–Crippen LogP) is 6.35. The molecule has 2 aliphatic rings. The zero-order chi connectivity index (χ0) is 26.1. The van der Waals surface area contributed by atoms with E-state index >= 15 is 0 Å². The molecular formula is C32H37N5O. The number of amides is 1. The average Bonchev–Trinajstić information content (AvgIpc) is 3.38. The van der Waals surface area contributed by atoms with Gasteiger partial charge >= 0.3 is 0 Å². The van der Waals surface area contributed by atoms with E-state index in [4.69, 9.17) is 0 Å². The van der Waals surface area contributed by atoms with Crippen molar-refractivity contribution < 1.29 is 4.79 Å². The third-order valence-electron chi connectivity index (χ3n) is 8.70. The number of benzene rings is 3. The summed E-state index contributed by atoms with van der Waals surface area (Å²) in [7, 11) is 0. The fraction of sp³-hybridized carbons (Fsp3) is 0.375. The number of rotatable bonds is 5. The molecule has 38 heavy (non-hydrogen) atoms. The number of anilines is 2. The van der Waals surface area contributed by atoms with Crippen LogP contribution in [0.15, 0.2) is 72.8 Å². The number of para-hydroxylation sites is 1. The Morgan fingerprint density at radius 1 is 0.947 bits per heavy atom. The van der Waals surface area contributed by atoms with Crippen LogP contribution in [0.4, 0.5) is 11.4 Å². The summed E-state index contributed by atoms with van der Waals surface area (Å²) in [5.41, 5.74) is 5.88. The minimum atomic E-state index is -0.179. The highest BCUT2D eigenvalue weighted by atomic mass is 16.1. The van der Waals surface area contributed by atoms with Gasteiger partial charge in [-0.2, -0.15) is 5.10 Å². The van der Waals surface area contributed by atoms with Crippen molar-refractivity contribution in [3.05, 3.63) is 89.6 Å². The first-order valence-corrected chi connectivity index (χ1v) is 13.9. The van der Waals surface area contributed by atoms with Crippen LogP contribution < -0.4 is 10.2 Å². The highest BCUT2D eigenvalue weighted by Gasteiger charge is 2.42. The van der Waals surface area contributed by atoms with E-state index in [1.807, 2.05) is 31.2 Å². The number of aromatic nitrogens is 2. The predicted molar refractivity (Wildman–Crippen MR) is 155 cm³/mol. The van der Waals surface area contributed by atoms with Crippen molar-refractivity contribution in [2.75, 3.05) is 36.4 Å². The third-order valence-corrected chi connectivity index (χ3v) is 8.70. The summed E-state index contributed by atoms with van der Waals surface area (Å²) in [6.45, 7) is 8.55. The molecule has 2 N–H and O–H groups in total. The number of nitrogens with zero attached hydrogens (tertiary/aromatic N) is 3. The maximum absolute atomic E-state index is 13.3. The van der Waals surface area contributed by atoms with Crippen LogP contribution in [0.1, 0.15) is 54.2 Å². The van der Waals surface area contributed by atoms with Gasteiger partial charge < -0.3 is 10.2 Å². The summed E-state index contributed by atoms with van der Waals surface area (Å²) < 4.78 is 0. The second kappa shape index (κ2) is 10.3. The Morgan fingerprint density at radius 3 is 2.47 bits per heavy atom. The third kappa shape index (κ3) is 4.69. The lowest BCUT2D eigenvalue weighted by Gasteiger charge is -2.51. The molecule has 0 bridgehead atoms. The number of fused-ring (bicyclic) bond motifs is 1. The normalized spacial score (nSPS) is 22.5. The van der Waals surface area contributed by atoms with Gasteiger partial charge in [0.05, 0.1) is 5.52 Å². The summed E-state index contributed by atoms with van der Waals surface area (Å²) in [5, 5.41) is 11.3. The fourth-order valence-electron chi connectivity index (χ4n) is 6.44. The standard InChI is InChI=1S/C32H37N5O/c1-23-13-15-32(16-14-23,37-19-17-36(18-20-37)27-9-4-3-5-10-27)25-7-6-8-26(22-25)33-31(38)30-28-21-24(2)11-12-29(28)34-35-30/h3-12,21-23H,13-20H2,1-2H3,(H,33,38)(H,34,35). The van der Waals surface area contributed by atoms with Crippen molar-refractivity contribution in [1.82, 2.24) is 15.1 Å². The lowest BCUT2D eigenvalue weighted by Crippen LogP contribution is -2.56.